The Labute approximate surface area is 376 Å². The van der Waals surface area contributed by atoms with Gasteiger partial charge in [-0.15, -0.1) is 0 Å². The first-order chi connectivity index (χ1) is 31.4. The van der Waals surface area contributed by atoms with Gasteiger partial charge >= 0.3 is 0 Å². The van der Waals surface area contributed by atoms with Gasteiger partial charge in [-0.3, -0.25) is 33.4 Å². The van der Waals surface area contributed by atoms with E-state index in [1.807, 2.05) is 12.1 Å². The van der Waals surface area contributed by atoms with Gasteiger partial charge in [0.1, 0.15) is 29.1 Å². The third-order valence-corrected chi connectivity index (χ3v) is 11.0. The van der Waals surface area contributed by atoms with Crippen molar-refractivity contribution >= 4 is 57.7 Å². The number of anilines is 4. The Hall–Kier alpha value is -7.21. The molecule has 342 valence electrons. The van der Waals surface area contributed by atoms with Crippen molar-refractivity contribution in [1.82, 2.24) is 35.1 Å². The summed E-state index contributed by atoms with van der Waals surface area (Å²) in [5, 5.41) is 20.7. The predicted molar refractivity (Wildman–Crippen MR) is 244 cm³/mol. The van der Waals surface area contributed by atoms with Crippen molar-refractivity contribution in [2.45, 2.75) is 52.0 Å². The quantitative estimate of drug-likeness (QED) is 0.0322. The van der Waals surface area contributed by atoms with Gasteiger partial charge in [-0.1, -0.05) is 25.0 Å². The van der Waals surface area contributed by atoms with Gasteiger partial charge in [0, 0.05) is 50.3 Å². The summed E-state index contributed by atoms with van der Waals surface area (Å²) >= 11 is 0. The number of amides is 3. The number of nitrogens with two attached hydrogens (primary N) is 2. The Morgan fingerprint density at radius 2 is 1.66 bits per heavy atom. The summed E-state index contributed by atoms with van der Waals surface area (Å²) in [4.78, 5) is 82.0. The molecule has 0 spiro atoms. The summed E-state index contributed by atoms with van der Waals surface area (Å²) in [6, 6.07) is 12.0. The van der Waals surface area contributed by atoms with E-state index in [2.05, 4.69) is 41.0 Å². The molecule has 4 heterocycles. The number of aryl methyl sites for hydroxylation is 1. The second kappa shape index (κ2) is 22.9. The lowest BCUT2D eigenvalue weighted by Gasteiger charge is -2.35. The Balaban J connectivity index is 0.846. The number of carbonyl (C=O) groups is 4. The number of fused-ring (bicyclic) bond motifs is 1. The number of hydrogen-bond acceptors (Lipinski definition) is 16. The van der Waals surface area contributed by atoms with E-state index in [0.717, 1.165) is 44.5 Å². The van der Waals surface area contributed by atoms with Crippen LogP contribution < -0.4 is 43.2 Å². The van der Waals surface area contributed by atoms with Gasteiger partial charge in [0.05, 0.1) is 68.1 Å². The molecule has 65 heavy (non-hydrogen) atoms. The summed E-state index contributed by atoms with van der Waals surface area (Å²) in [5.41, 5.74) is 13.6. The van der Waals surface area contributed by atoms with E-state index < -0.39 is 5.91 Å². The molecule has 20 nitrogen and oxygen atoms in total. The molecule has 1 aliphatic heterocycles. The molecule has 1 aliphatic carbocycles. The van der Waals surface area contributed by atoms with Crippen LogP contribution in [0.4, 0.5) is 23.1 Å². The minimum absolute atomic E-state index is 0.0130. The number of carbonyl (C=O) groups excluding carboxylic acids is 4. The Kier molecular flexibility index (Phi) is 16.7. The number of nitrogens with zero attached hydrogens (tertiary/aromatic N) is 7. The maximum Gasteiger partial charge on any atom is 0.263 e. The van der Waals surface area contributed by atoms with E-state index in [4.69, 9.17) is 31.2 Å². The van der Waals surface area contributed by atoms with E-state index in [1.54, 1.807) is 48.2 Å². The molecule has 1 saturated carbocycles. The number of nitriles is 1. The van der Waals surface area contributed by atoms with Gasteiger partial charge in [0.25, 0.3) is 11.5 Å². The zero-order chi connectivity index (χ0) is 46.3. The number of para-hydroxylation sites is 1. The molecule has 3 amide bonds. The van der Waals surface area contributed by atoms with Crippen LogP contribution in [-0.2, 0) is 19.1 Å². The van der Waals surface area contributed by atoms with Crippen molar-refractivity contribution < 1.29 is 28.7 Å². The van der Waals surface area contributed by atoms with Crippen molar-refractivity contribution in [3.05, 3.63) is 99.5 Å². The molecule has 1 saturated heterocycles. The van der Waals surface area contributed by atoms with Crippen molar-refractivity contribution in [3.63, 3.8) is 0 Å². The number of benzene rings is 1. The van der Waals surface area contributed by atoms with Crippen LogP contribution in [-0.4, -0.2) is 114 Å². The number of rotatable bonds is 20. The number of ether oxygens (including phenoxy) is 2. The third-order valence-electron chi connectivity index (χ3n) is 11.0. The molecule has 1 aromatic carbocycles. The highest BCUT2D eigenvalue weighted by molar-refractivity contribution is 6.04. The minimum atomic E-state index is -0.554. The highest BCUT2D eigenvalue weighted by Crippen LogP contribution is 2.32. The summed E-state index contributed by atoms with van der Waals surface area (Å²) < 4.78 is 12.8. The standard InChI is InChI=1S/C45H55N13O7/c1-29-35-27-51-45(55-42(35)58(32-7-3-4-8-32)44(63)41(29)30(2)59)54-38-14-12-33(26-50-38)57-19-17-56(18-20-57)28-40(61)49-16-22-65-24-23-64-21-15-39(60)52-36-10-6-5-9-34(36)43(62)53-37(48)13-11-31(47)25-46/h5-6,9-14,26-27,32H,3-4,7-8,15-24,28,47-48H2,1-2H3,(H,49,61)(H,52,60)(H,53,62)(H,50,51,54,55)/b31-11-,37-13+. The van der Waals surface area contributed by atoms with Gasteiger partial charge in [-0.05, 0) is 68.7 Å². The summed E-state index contributed by atoms with van der Waals surface area (Å²) in [6.45, 7) is 7.62. The van der Waals surface area contributed by atoms with E-state index >= 15 is 0 Å². The molecule has 0 radical (unpaired) electrons. The first kappa shape index (κ1) is 47.3. The summed E-state index contributed by atoms with van der Waals surface area (Å²) in [5.74, 6) is -0.433. The molecule has 0 unspecified atom stereocenters. The van der Waals surface area contributed by atoms with Gasteiger partial charge in [-0.2, -0.15) is 10.2 Å². The number of allylic oxidation sites excluding steroid dienone is 3. The van der Waals surface area contributed by atoms with E-state index in [1.165, 1.54) is 25.1 Å². The summed E-state index contributed by atoms with van der Waals surface area (Å²) in [7, 11) is 0. The van der Waals surface area contributed by atoms with Gasteiger partial charge < -0.3 is 47.1 Å². The van der Waals surface area contributed by atoms with Gasteiger partial charge in [-0.25, -0.2) is 9.97 Å². The fraction of sp³-hybridized carbons (Fsp3) is 0.400. The number of pyridine rings is 2. The van der Waals surface area contributed by atoms with Crippen LogP contribution in [0.3, 0.4) is 0 Å². The average molecular weight is 890 g/mol. The van der Waals surface area contributed by atoms with E-state index in [0.29, 0.717) is 60.3 Å². The van der Waals surface area contributed by atoms with Crippen LogP contribution in [0.15, 0.2) is 77.3 Å². The lowest BCUT2D eigenvalue weighted by atomic mass is 10.0. The molecule has 0 atom stereocenters. The molecule has 0 bridgehead atoms. The van der Waals surface area contributed by atoms with Crippen LogP contribution in [0.25, 0.3) is 11.0 Å². The van der Waals surface area contributed by atoms with Crippen molar-refractivity contribution in [3.8, 4) is 6.07 Å². The number of hydrogen-bond donors (Lipinski definition) is 6. The molecule has 8 N–H and O–H groups in total. The largest absolute Gasteiger partial charge is 0.390 e. The van der Waals surface area contributed by atoms with Crippen LogP contribution in [0.1, 0.15) is 71.3 Å². The molecule has 2 aliphatic rings. The predicted octanol–water partition coefficient (Wildman–Crippen LogP) is 2.75. The van der Waals surface area contributed by atoms with E-state index in [-0.39, 0.29) is 84.6 Å². The second-order valence-corrected chi connectivity index (χ2v) is 15.6. The zero-order valence-electron chi connectivity index (χ0n) is 36.6. The lowest BCUT2D eigenvalue weighted by molar-refractivity contribution is -0.122. The lowest BCUT2D eigenvalue weighted by Crippen LogP contribution is -2.49. The minimum Gasteiger partial charge on any atom is -0.390 e. The van der Waals surface area contributed by atoms with Crippen LogP contribution in [0.5, 0.6) is 0 Å². The van der Waals surface area contributed by atoms with Crippen LogP contribution in [0, 0.1) is 18.3 Å². The third kappa shape index (κ3) is 12.9. The van der Waals surface area contributed by atoms with Crippen molar-refractivity contribution in [1.29, 1.82) is 5.26 Å². The van der Waals surface area contributed by atoms with Gasteiger partial charge in [0.2, 0.25) is 17.8 Å². The maximum atomic E-state index is 13.5. The molecule has 4 aromatic rings. The second-order valence-electron chi connectivity index (χ2n) is 15.6. The monoisotopic (exact) mass is 889 g/mol. The van der Waals surface area contributed by atoms with Gasteiger partial charge in [0.15, 0.2) is 5.78 Å². The molecular weight excluding hydrogens is 835 g/mol. The first-order valence-electron chi connectivity index (χ1n) is 21.5. The maximum absolute atomic E-state index is 13.5. The fourth-order valence-electron chi connectivity index (χ4n) is 7.70. The molecule has 3 aromatic heterocycles. The normalized spacial score (nSPS) is 14.8. The smallest absolute Gasteiger partial charge is 0.263 e. The first-order valence-corrected chi connectivity index (χ1v) is 21.5. The zero-order valence-corrected chi connectivity index (χ0v) is 36.6. The highest BCUT2D eigenvalue weighted by Gasteiger charge is 2.26. The topological polar surface area (TPSA) is 278 Å². The SMILES string of the molecule is CC(=O)c1c(C)c2cnc(Nc3ccc(N4CCN(CC(=O)NCCOCCOCCC(=O)Nc5ccccc5C(=O)N/C(N)=C/C=C(\N)C#N)CC4)cn3)nc2n(C2CCCC2)c1=O. The number of aromatic nitrogens is 4. The highest BCUT2D eigenvalue weighted by atomic mass is 16.5. The van der Waals surface area contributed by atoms with E-state index in [9.17, 15) is 24.0 Å². The number of Topliss-reactive ketones (excluding diaryl/α,β-unsaturated/α-hetero) is 1. The Bertz CT molecular complexity index is 2520. The van der Waals surface area contributed by atoms with Crippen molar-refractivity contribution in [2.75, 3.05) is 81.2 Å². The van der Waals surface area contributed by atoms with Crippen LogP contribution in [0.2, 0.25) is 0 Å². The molecule has 20 heteroatoms. The molecule has 2 fully saturated rings. The summed E-state index contributed by atoms with van der Waals surface area (Å²) in [6.07, 6.45) is 9.81. The number of ketones is 1. The number of piperazine rings is 1. The molecule has 6 rings (SSSR count). The fourth-order valence-corrected chi connectivity index (χ4v) is 7.70. The average Bonchev–Trinajstić information content (AvgIpc) is 3.83. The Morgan fingerprint density at radius 1 is 0.923 bits per heavy atom. The Morgan fingerprint density at radius 3 is 2.37 bits per heavy atom. The molecular formula is C45H55N13O7. The van der Waals surface area contributed by atoms with Crippen molar-refractivity contribution in [2.24, 2.45) is 11.5 Å². The number of nitrogens with one attached hydrogen (secondary N) is 4. The van der Waals surface area contributed by atoms with Crippen LogP contribution >= 0.6 is 0 Å².